The summed E-state index contributed by atoms with van der Waals surface area (Å²) in [6.07, 6.45) is 8.04. The highest BCUT2D eigenvalue weighted by Crippen LogP contribution is 2.44. The summed E-state index contributed by atoms with van der Waals surface area (Å²) in [6, 6.07) is 20.7. The Morgan fingerprint density at radius 1 is 0.767 bits per heavy atom. The van der Waals surface area contributed by atoms with Crippen LogP contribution in [0.4, 0.5) is 0 Å². The van der Waals surface area contributed by atoms with Crippen LogP contribution in [0.1, 0.15) is 69.8 Å². The fourth-order valence-electron chi connectivity index (χ4n) is 3.74. The predicted molar refractivity (Wildman–Crippen MR) is 125 cm³/mol. The zero-order valence-corrected chi connectivity index (χ0v) is 18.5. The van der Waals surface area contributed by atoms with Gasteiger partial charge in [-0.05, 0) is 63.2 Å². The van der Waals surface area contributed by atoms with Crippen molar-refractivity contribution >= 4 is 0 Å². The van der Waals surface area contributed by atoms with E-state index in [0.29, 0.717) is 0 Å². The molecule has 1 heterocycles. The molecule has 0 bridgehead atoms. The number of hydrogen-bond donors (Lipinski definition) is 0. The van der Waals surface area contributed by atoms with Crippen molar-refractivity contribution in [3.63, 3.8) is 0 Å². The molecule has 2 aromatic carbocycles. The molecule has 0 aliphatic carbocycles. The van der Waals surface area contributed by atoms with Gasteiger partial charge in [0.1, 0.15) is 12.2 Å². The third-order valence-electron chi connectivity index (χ3n) is 5.45. The lowest BCUT2D eigenvalue weighted by Gasteiger charge is -2.17. The Labute approximate surface area is 181 Å². The van der Waals surface area contributed by atoms with Gasteiger partial charge in [0.2, 0.25) is 0 Å². The minimum Gasteiger partial charge on any atom is -0.338 e. The average molecular weight is 403 g/mol. The molecule has 1 aliphatic heterocycles. The van der Waals surface area contributed by atoms with Gasteiger partial charge in [-0.25, -0.2) is 0 Å². The van der Waals surface area contributed by atoms with Gasteiger partial charge in [-0.1, -0.05) is 90.5 Å². The summed E-state index contributed by atoms with van der Waals surface area (Å²) in [7, 11) is 0. The molecule has 0 N–H and O–H groups in total. The van der Waals surface area contributed by atoms with Crippen molar-refractivity contribution in [1.29, 1.82) is 0 Å². The summed E-state index contributed by atoms with van der Waals surface area (Å²) in [5.74, 6) is 0. The second kappa shape index (κ2) is 11.1. The van der Waals surface area contributed by atoms with Crippen LogP contribution in [0.2, 0.25) is 0 Å². The molecule has 0 saturated carbocycles. The van der Waals surface area contributed by atoms with E-state index in [2.05, 4.69) is 63.8 Å². The SMILES string of the molecule is C=C(CC/C=C(\C)CCC=C(C)C)C1OC(c2ccccc2)C(c2ccccc2)O1. The Morgan fingerprint density at radius 2 is 1.27 bits per heavy atom. The van der Waals surface area contributed by atoms with E-state index in [1.54, 1.807) is 0 Å². The average Bonchev–Trinajstić information content (AvgIpc) is 3.20. The van der Waals surface area contributed by atoms with Crippen LogP contribution < -0.4 is 0 Å². The molecule has 1 fully saturated rings. The first-order valence-electron chi connectivity index (χ1n) is 10.9. The van der Waals surface area contributed by atoms with Gasteiger partial charge in [0.15, 0.2) is 6.29 Å². The van der Waals surface area contributed by atoms with Crippen molar-refractivity contribution in [3.05, 3.63) is 107 Å². The summed E-state index contributed by atoms with van der Waals surface area (Å²) >= 11 is 0. The summed E-state index contributed by atoms with van der Waals surface area (Å²) < 4.78 is 12.7. The van der Waals surface area contributed by atoms with Gasteiger partial charge in [0.25, 0.3) is 0 Å². The van der Waals surface area contributed by atoms with Crippen LogP contribution in [0.15, 0.2) is 96.1 Å². The molecular weight excluding hydrogens is 368 g/mol. The number of allylic oxidation sites excluding steroid dienone is 4. The van der Waals surface area contributed by atoms with Gasteiger partial charge >= 0.3 is 0 Å². The van der Waals surface area contributed by atoms with Crippen LogP contribution in [-0.2, 0) is 9.47 Å². The predicted octanol–water partition coefficient (Wildman–Crippen LogP) is 7.87. The summed E-state index contributed by atoms with van der Waals surface area (Å²) in [5.41, 5.74) is 6.08. The number of rotatable bonds is 9. The maximum atomic E-state index is 6.37. The zero-order chi connectivity index (χ0) is 21.3. The normalized spacial score (nSPS) is 21.4. The molecule has 30 heavy (non-hydrogen) atoms. The van der Waals surface area contributed by atoms with E-state index < -0.39 is 0 Å². The number of hydrogen-bond acceptors (Lipinski definition) is 2. The Balaban J connectivity index is 1.62. The fourth-order valence-corrected chi connectivity index (χ4v) is 3.74. The third kappa shape index (κ3) is 6.29. The van der Waals surface area contributed by atoms with Crippen molar-refractivity contribution in [2.24, 2.45) is 0 Å². The van der Waals surface area contributed by atoms with E-state index >= 15 is 0 Å². The second-order valence-electron chi connectivity index (χ2n) is 8.33. The highest BCUT2D eigenvalue weighted by molar-refractivity contribution is 5.27. The van der Waals surface area contributed by atoms with Crippen molar-refractivity contribution < 1.29 is 9.47 Å². The minimum absolute atomic E-state index is 0.128. The van der Waals surface area contributed by atoms with Crippen LogP contribution in [-0.4, -0.2) is 6.29 Å². The van der Waals surface area contributed by atoms with Crippen molar-refractivity contribution in [1.82, 2.24) is 0 Å². The molecule has 2 atom stereocenters. The first-order chi connectivity index (χ1) is 14.5. The highest BCUT2D eigenvalue weighted by atomic mass is 16.7. The van der Waals surface area contributed by atoms with E-state index in [9.17, 15) is 0 Å². The third-order valence-corrected chi connectivity index (χ3v) is 5.45. The Bertz CT molecular complexity index is 813. The van der Waals surface area contributed by atoms with Crippen molar-refractivity contribution in [3.8, 4) is 0 Å². The van der Waals surface area contributed by atoms with Crippen molar-refractivity contribution in [2.45, 2.75) is 65.0 Å². The quantitative estimate of drug-likeness (QED) is 0.397. The van der Waals surface area contributed by atoms with Gasteiger partial charge in [-0.2, -0.15) is 0 Å². The molecule has 0 spiro atoms. The lowest BCUT2D eigenvalue weighted by molar-refractivity contribution is -0.0396. The van der Waals surface area contributed by atoms with Crippen LogP contribution >= 0.6 is 0 Å². The van der Waals surface area contributed by atoms with Crippen molar-refractivity contribution in [2.75, 3.05) is 0 Å². The van der Waals surface area contributed by atoms with Crippen LogP contribution in [0.3, 0.4) is 0 Å². The van der Waals surface area contributed by atoms with E-state index in [1.165, 1.54) is 11.1 Å². The molecule has 3 rings (SSSR count). The van der Waals surface area contributed by atoms with Crippen LogP contribution in [0.25, 0.3) is 0 Å². The monoisotopic (exact) mass is 402 g/mol. The molecule has 2 unspecified atom stereocenters. The van der Waals surface area contributed by atoms with Crippen LogP contribution in [0, 0.1) is 0 Å². The Kier molecular flexibility index (Phi) is 8.24. The number of benzene rings is 2. The van der Waals surface area contributed by atoms with Gasteiger partial charge < -0.3 is 9.47 Å². The van der Waals surface area contributed by atoms with Gasteiger partial charge in [0, 0.05) is 0 Å². The topological polar surface area (TPSA) is 18.5 Å². The molecule has 158 valence electrons. The first-order valence-corrected chi connectivity index (χ1v) is 10.9. The van der Waals surface area contributed by atoms with Crippen LogP contribution in [0.5, 0.6) is 0 Å². The molecule has 2 nitrogen and oxygen atoms in total. The van der Waals surface area contributed by atoms with Gasteiger partial charge in [-0.15, -0.1) is 0 Å². The molecule has 0 amide bonds. The van der Waals surface area contributed by atoms with Gasteiger partial charge in [0.05, 0.1) is 0 Å². The Hall–Kier alpha value is -2.42. The molecular formula is C28H34O2. The largest absolute Gasteiger partial charge is 0.338 e. The zero-order valence-electron chi connectivity index (χ0n) is 18.5. The molecule has 1 saturated heterocycles. The number of ether oxygens (including phenoxy) is 2. The Morgan fingerprint density at radius 3 is 1.77 bits per heavy atom. The second-order valence-corrected chi connectivity index (χ2v) is 8.33. The fraction of sp³-hybridized carbons (Fsp3) is 0.357. The van der Waals surface area contributed by atoms with E-state index in [-0.39, 0.29) is 18.5 Å². The molecule has 0 aromatic heterocycles. The summed E-state index contributed by atoms with van der Waals surface area (Å²) in [6.45, 7) is 10.8. The smallest absolute Gasteiger partial charge is 0.181 e. The first kappa shape index (κ1) is 22.3. The molecule has 2 aromatic rings. The lowest BCUT2D eigenvalue weighted by atomic mass is 9.99. The lowest BCUT2D eigenvalue weighted by Crippen LogP contribution is -2.11. The minimum atomic E-state index is -0.375. The highest BCUT2D eigenvalue weighted by Gasteiger charge is 2.38. The standard InChI is InChI=1S/C28H34O2/c1-21(2)13-11-14-22(3)15-12-16-23(4)28-29-26(24-17-7-5-8-18-24)27(30-28)25-19-9-6-10-20-25/h5-10,13,15,17-20,26-28H,4,11-12,14,16H2,1-3H3/b22-15+. The van der Waals surface area contributed by atoms with Gasteiger partial charge in [-0.3, -0.25) is 0 Å². The van der Waals surface area contributed by atoms with E-state index in [4.69, 9.17) is 9.47 Å². The van der Waals surface area contributed by atoms with E-state index in [1.807, 2.05) is 36.4 Å². The molecule has 0 radical (unpaired) electrons. The summed E-state index contributed by atoms with van der Waals surface area (Å²) in [5, 5.41) is 0. The maximum Gasteiger partial charge on any atom is 0.181 e. The maximum absolute atomic E-state index is 6.37. The molecule has 1 aliphatic rings. The van der Waals surface area contributed by atoms with E-state index in [0.717, 1.165) is 42.4 Å². The summed E-state index contributed by atoms with van der Waals surface area (Å²) in [4.78, 5) is 0. The molecule has 2 heteroatoms.